The van der Waals surface area contributed by atoms with E-state index in [-0.39, 0.29) is 11.9 Å². The number of rotatable bonds is 8. The van der Waals surface area contributed by atoms with Crippen LogP contribution in [0.4, 0.5) is 0 Å². The number of aryl methyl sites for hydroxylation is 1. The summed E-state index contributed by atoms with van der Waals surface area (Å²) in [4.78, 5) is 26.7. The number of amides is 1. The molecular weight excluding hydrogens is 424 g/mol. The molecule has 1 unspecified atom stereocenters. The van der Waals surface area contributed by atoms with Gasteiger partial charge in [0.05, 0.1) is 6.42 Å². The molecule has 1 saturated heterocycles. The Morgan fingerprint density at radius 3 is 2.38 bits per heavy atom. The number of nitrogens with zero attached hydrogens (tertiary/aromatic N) is 1. The van der Waals surface area contributed by atoms with Gasteiger partial charge in [0.1, 0.15) is 6.04 Å². The molecule has 0 spiro atoms. The fraction of sp³-hybridized carbons (Fsp3) is 0.310. The van der Waals surface area contributed by atoms with Crippen LogP contribution >= 0.6 is 0 Å². The van der Waals surface area contributed by atoms with Gasteiger partial charge in [-0.25, -0.2) is 0 Å². The van der Waals surface area contributed by atoms with Crippen LogP contribution in [0, 0.1) is 6.92 Å². The summed E-state index contributed by atoms with van der Waals surface area (Å²) >= 11 is 0. The van der Waals surface area contributed by atoms with E-state index in [1.54, 1.807) is 0 Å². The fourth-order valence-electron chi connectivity index (χ4n) is 4.68. The summed E-state index contributed by atoms with van der Waals surface area (Å²) in [7, 11) is 0. The van der Waals surface area contributed by atoms with E-state index in [2.05, 4.69) is 36.5 Å². The summed E-state index contributed by atoms with van der Waals surface area (Å²) in [5.41, 5.74) is 5.50. The number of carbonyl (C=O) groups is 2. The largest absolute Gasteiger partial charge is 0.480 e. The maximum absolute atomic E-state index is 12.8. The molecule has 2 N–H and O–H groups in total. The third kappa shape index (κ3) is 6.12. The number of likely N-dealkylation sites (tertiary alicyclic amines) is 1. The lowest BCUT2D eigenvalue weighted by Gasteiger charge is -2.35. The molecule has 5 nitrogen and oxygen atoms in total. The van der Waals surface area contributed by atoms with Gasteiger partial charge in [-0.3, -0.25) is 14.9 Å². The molecular formula is C29H32N2O3. The molecule has 0 bridgehead atoms. The first kappa shape index (κ1) is 23.7. The minimum Gasteiger partial charge on any atom is -0.480 e. The molecule has 0 aliphatic carbocycles. The van der Waals surface area contributed by atoms with Gasteiger partial charge in [0.2, 0.25) is 5.91 Å². The Balaban J connectivity index is 1.37. The number of piperidine rings is 1. The quantitative estimate of drug-likeness (QED) is 0.524. The number of carboxylic acids is 1. The first-order valence-corrected chi connectivity index (χ1v) is 11.9. The average Bonchev–Trinajstić information content (AvgIpc) is 2.85. The Kier molecular flexibility index (Phi) is 7.76. The SMILES string of the molecule is Cc1ccccc1-c1ccc(C[C@H](NC2CCCN(C(=O)Cc3ccccc3)C2)C(=O)O)cc1. The van der Waals surface area contributed by atoms with Crippen molar-refractivity contribution >= 4 is 11.9 Å². The normalized spacial score (nSPS) is 16.7. The molecule has 0 radical (unpaired) electrons. The summed E-state index contributed by atoms with van der Waals surface area (Å²) in [6, 6.07) is 25.4. The maximum atomic E-state index is 12.8. The molecule has 0 saturated carbocycles. The minimum absolute atomic E-state index is 0.0270. The van der Waals surface area contributed by atoms with Gasteiger partial charge in [-0.15, -0.1) is 0 Å². The van der Waals surface area contributed by atoms with Crippen molar-refractivity contribution in [1.82, 2.24) is 10.2 Å². The van der Waals surface area contributed by atoms with E-state index in [4.69, 9.17) is 0 Å². The molecule has 34 heavy (non-hydrogen) atoms. The van der Waals surface area contributed by atoms with E-state index in [1.807, 2.05) is 59.5 Å². The smallest absolute Gasteiger partial charge is 0.321 e. The summed E-state index contributed by atoms with van der Waals surface area (Å²) in [6.45, 7) is 3.36. The molecule has 4 rings (SSSR count). The van der Waals surface area contributed by atoms with Gasteiger partial charge in [-0.2, -0.15) is 0 Å². The molecule has 0 aromatic heterocycles. The van der Waals surface area contributed by atoms with Gasteiger partial charge in [-0.05, 0) is 54.0 Å². The van der Waals surface area contributed by atoms with E-state index in [1.165, 1.54) is 11.1 Å². The third-order valence-electron chi connectivity index (χ3n) is 6.56. The third-order valence-corrected chi connectivity index (χ3v) is 6.56. The molecule has 3 aromatic rings. The molecule has 176 valence electrons. The highest BCUT2D eigenvalue weighted by atomic mass is 16.4. The fourth-order valence-corrected chi connectivity index (χ4v) is 4.68. The number of carbonyl (C=O) groups excluding carboxylic acids is 1. The lowest BCUT2D eigenvalue weighted by Crippen LogP contribution is -2.53. The van der Waals surface area contributed by atoms with Crippen LogP contribution in [0.1, 0.15) is 29.5 Å². The molecule has 1 aliphatic rings. The number of benzene rings is 3. The zero-order valence-electron chi connectivity index (χ0n) is 19.6. The second-order valence-electron chi connectivity index (χ2n) is 9.11. The van der Waals surface area contributed by atoms with Crippen LogP contribution in [-0.2, 0) is 22.4 Å². The summed E-state index contributed by atoms with van der Waals surface area (Å²) < 4.78 is 0. The predicted molar refractivity (Wildman–Crippen MR) is 135 cm³/mol. The van der Waals surface area contributed by atoms with Crippen LogP contribution in [0.5, 0.6) is 0 Å². The number of aliphatic carboxylic acids is 1. The Labute approximate surface area is 201 Å². The second-order valence-corrected chi connectivity index (χ2v) is 9.11. The summed E-state index contributed by atoms with van der Waals surface area (Å²) in [5, 5.41) is 13.2. The topological polar surface area (TPSA) is 69.6 Å². The van der Waals surface area contributed by atoms with Gasteiger partial charge < -0.3 is 10.0 Å². The van der Waals surface area contributed by atoms with E-state index in [0.29, 0.717) is 19.4 Å². The van der Waals surface area contributed by atoms with Crippen LogP contribution in [-0.4, -0.2) is 47.1 Å². The van der Waals surface area contributed by atoms with Gasteiger partial charge in [0, 0.05) is 19.1 Å². The molecule has 2 atom stereocenters. The van der Waals surface area contributed by atoms with Gasteiger partial charge >= 0.3 is 5.97 Å². The molecule has 1 amide bonds. The molecule has 1 heterocycles. The van der Waals surface area contributed by atoms with Crippen LogP contribution in [0.25, 0.3) is 11.1 Å². The minimum atomic E-state index is -0.865. The first-order valence-electron chi connectivity index (χ1n) is 11.9. The van der Waals surface area contributed by atoms with Crippen molar-refractivity contribution in [2.45, 2.75) is 44.7 Å². The van der Waals surface area contributed by atoms with Gasteiger partial charge in [-0.1, -0.05) is 78.9 Å². The number of hydrogen-bond donors (Lipinski definition) is 2. The average molecular weight is 457 g/mol. The lowest BCUT2D eigenvalue weighted by atomic mass is 9.97. The van der Waals surface area contributed by atoms with Crippen molar-refractivity contribution in [2.24, 2.45) is 0 Å². The lowest BCUT2D eigenvalue weighted by molar-refractivity contribution is -0.139. The van der Waals surface area contributed by atoms with E-state index in [9.17, 15) is 14.7 Å². The van der Waals surface area contributed by atoms with Crippen molar-refractivity contribution in [1.29, 1.82) is 0 Å². The molecule has 5 heteroatoms. The first-order chi connectivity index (χ1) is 16.5. The van der Waals surface area contributed by atoms with Crippen molar-refractivity contribution in [3.8, 4) is 11.1 Å². The van der Waals surface area contributed by atoms with Crippen LogP contribution in [0.2, 0.25) is 0 Å². The summed E-state index contributed by atoms with van der Waals surface area (Å²) in [6.07, 6.45) is 2.52. The van der Waals surface area contributed by atoms with E-state index >= 15 is 0 Å². The van der Waals surface area contributed by atoms with Crippen LogP contribution < -0.4 is 5.32 Å². The Hall–Kier alpha value is -3.44. The van der Waals surface area contributed by atoms with Crippen LogP contribution in [0.15, 0.2) is 78.9 Å². The zero-order chi connectivity index (χ0) is 23.9. The Morgan fingerprint density at radius 1 is 0.971 bits per heavy atom. The summed E-state index contributed by atoms with van der Waals surface area (Å²) in [5.74, 6) is -0.771. The Bertz CT molecular complexity index is 1110. The number of carboxylic acid groups (broad SMARTS) is 1. The van der Waals surface area contributed by atoms with Crippen LogP contribution in [0.3, 0.4) is 0 Å². The van der Waals surface area contributed by atoms with Crippen molar-refractivity contribution in [3.05, 3.63) is 95.6 Å². The molecule has 1 aliphatic heterocycles. The van der Waals surface area contributed by atoms with Crippen molar-refractivity contribution < 1.29 is 14.7 Å². The monoisotopic (exact) mass is 456 g/mol. The Morgan fingerprint density at radius 2 is 1.68 bits per heavy atom. The van der Waals surface area contributed by atoms with E-state index < -0.39 is 12.0 Å². The van der Waals surface area contributed by atoms with E-state index in [0.717, 1.165) is 36.1 Å². The standard InChI is InChI=1S/C29H32N2O3/c1-21-8-5-6-12-26(21)24-15-13-23(14-16-24)18-27(29(33)34)30-25-11-7-17-31(20-25)28(32)19-22-9-3-2-4-10-22/h2-6,8-10,12-16,25,27,30H,7,11,17-20H2,1H3,(H,33,34)/t25?,27-/m0/s1. The van der Waals surface area contributed by atoms with Gasteiger partial charge in [0.15, 0.2) is 0 Å². The molecule has 3 aromatic carbocycles. The maximum Gasteiger partial charge on any atom is 0.321 e. The highest BCUT2D eigenvalue weighted by Crippen LogP contribution is 2.24. The predicted octanol–water partition coefficient (Wildman–Crippen LogP) is 4.48. The highest BCUT2D eigenvalue weighted by molar-refractivity contribution is 5.79. The number of hydrogen-bond acceptors (Lipinski definition) is 3. The van der Waals surface area contributed by atoms with Gasteiger partial charge in [0.25, 0.3) is 0 Å². The molecule has 1 fully saturated rings. The second kappa shape index (κ2) is 11.1. The number of nitrogens with one attached hydrogen (secondary N) is 1. The van der Waals surface area contributed by atoms with Crippen molar-refractivity contribution in [2.75, 3.05) is 13.1 Å². The van der Waals surface area contributed by atoms with Crippen molar-refractivity contribution in [3.63, 3.8) is 0 Å². The zero-order valence-corrected chi connectivity index (χ0v) is 19.6. The highest BCUT2D eigenvalue weighted by Gasteiger charge is 2.28.